The number of unbranched alkanes of at least 4 members (excludes halogenated alkanes) is 2. The molecule has 0 atom stereocenters. The van der Waals surface area contributed by atoms with E-state index in [1.54, 1.807) is 6.20 Å². The second-order valence-corrected chi connectivity index (χ2v) is 7.91. The third-order valence-corrected chi connectivity index (χ3v) is 5.94. The second kappa shape index (κ2) is 9.75. The zero-order valence-corrected chi connectivity index (χ0v) is 16.3. The van der Waals surface area contributed by atoms with Gasteiger partial charge in [-0.25, -0.2) is 9.97 Å². The maximum absolute atomic E-state index is 13.9. The number of hydrogen-bond acceptors (Lipinski definition) is 4. The van der Waals surface area contributed by atoms with Crippen LogP contribution in [0.15, 0.2) is 6.20 Å². The van der Waals surface area contributed by atoms with Gasteiger partial charge in [-0.05, 0) is 38.5 Å². The fourth-order valence-electron chi connectivity index (χ4n) is 4.16. The van der Waals surface area contributed by atoms with E-state index >= 15 is 0 Å². The van der Waals surface area contributed by atoms with Crippen LogP contribution in [-0.4, -0.2) is 29.5 Å². The largest absolute Gasteiger partial charge is 0.352 e. The SMILES string of the molecule is CCCCCC1COC([C@H]2CC[C@H](c3ncc(CC)c(F)n3)CC2)OC1. The van der Waals surface area contributed by atoms with E-state index in [1.165, 1.54) is 25.7 Å². The highest BCUT2D eigenvalue weighted by molar-refractivity contribution is 5.10. The van der Waals surface area contributed by atoms with Gasteiger partial charge in [0.15, 0.2) is 6.29 Å². The van der Waals surface area contributed by atoms with E-state index in [2.05, 4.69) is 16.9 Å². The molecule has 2 heterocycles. The molecule has 0 amide bonds. The number of ether oxygens (including phenoxy) is 2. The van der Waals surface area contributed by atoms with Gasteiger partial charge in [0, 0.05) is 29.5 Å². The van der Waals surface area contributed by atoms with E-state index in [4.69, 9.17) is 9.47 Å². The first-order valence-electron chi connectivity index (χ1n) is 10.5. The molecule has 0 spiro atoms. The first kappa shape index (κ1) is 19.7. The quantitative estimate of drug-likeness (QED) is 0.503. The van der Waals surface area contributed by atoms with Gasteiger partial charge in [0.05, 0.1) is 13.2 Å². The van der Waals surface area contributed by atoms with Gasteiger partial charge in [0.2, 0.25) is 5.95 Å². The Morgan fingerprint density at radius 3 is 2.42 bits per heavy atom. The molecule has 5 heteroatoms. The van der Waals surface area contributed by atoms with Crippen molar-refractivity contribution in [1.29, 1.82) is 0 Å². The maximum atomic E-state index is 13.9. The lowest BCUT2D eigenvalue weighted by Gasteiger charge is -2.37. The average Bonchev–Trinajstić information content (AvgIpc) is 2.69. The average molecular weight is 365 g/mol. The Morgan fingerprint density at radius 1 is 1.08 bits per heavy atom. The second-order valence-electron chi connectivity index (χ2n) is 7.91. The smallest absolute Gasteiger partial charge is 0.219 e. The molecule has 146 valence electrons. The number of halogens is 1. The molecule has 1 saturated carbocycles. The molecule has 3 rings (SSSR count). The summed E-state index contributed by atoms with van der Waals surface area (Å²) in [4.78, 5) is 8.51. The summed E-state index contributed by atoms with van der Waals surface area (Å²) in [6, 6.07) is 0. The van der Waals surface area contributed by atoms with Crippen molar-refractivity contribution in [1.82, 2.24) is 9.97 Å². The lowest BCUT2D eigenvalue weighted by Crippen LogP contribution is -2.38. The molecule has 1 aromatic rings. The van der Waals surface area contributed by atoms with Crippen LogP contribution in [0.2, 0.25) is 0 Å². The summed E-state index contributed by atoms with van der Waals surface area (Å²) in [6.07, 6.45) is 11.3. The van der Waals surface area contributed by atoms with Gasteiger partial charge in [0.1, 0.15) is 5.82 Å². The minimum atomic E-state index is -0.354. The lowest BCUT2D eigenvalue weighted by atomic mass is 9.81. The lowest BCUT2D eigenvalue weighted by molar-refractivity contribution is -0.229. The zero-order valence-electron chi connectivity index (χ0n) is 16.3. The molecule has 0 bridgehead atoms. The molecular weight excluding hydrogens is 331 g/mol. The van der Waals surface area contributed by atoms with Gasteiger partial charge in [-0.2, -0.15) is 4.39 Å². The Kier molecular flexibility index (Phi) is 7.38. The van der Waals surface area contributed by atoms with E-state index in [1.807, 2.05) is 6.92 Å². The zero-order chi connectivity index (χ0) is 18.4. The number of hydrogen-bond donors (Lipinski definition) is 0. The van der Waals surface area contributed by atoms with Crippen molar-refractivity contribution < 1.29 is 13.9 Å². The summed E-state index contributed by atoms with van der Waals surface area (Å²) < 4.78 is 26.0. The number of aryl methyl sites for hydroxylation is 1. The van der Waals surface area contributed by atoms with Crippen molar-refractivity contribution in [2.75, 3.05) is 13.2 Å². The van der Waals surface area contributed by atoms with Gasteiger partial charge in [0.25, 0.3) is 0 Å². The van der Waals surface area contributed by atoms with E-state index < -0.39 is 0 Å². The van der Waals surface area contributed by atoms with E-state index in [9.17, 15) is 4.39 Å². The van der Waals surface area contributed by atoms with Crippen LogP contribution in [0.4, 0.5) is 4.39 Å². The third-order valence-electron chi connectivity index (χ3n) is 5.94. The van der Waals surface area contributed by atoms with Gasteiger partial charge >= 0.3 is 0 Å². The molecule has 1 aliphatic heterocycles. The standard InChI is InChI=1S/C21H33FN2O2/c1-3-5-6-7-15-13-25-21(26-14-15)18-10-8-17(9-11-18)20-23-12-16(4-2)19(22)24-20/h12,15,17-18,21H,3-11,13-14H2,1-2H3/t15?,17-,18-,21?. The Morgan fingerprint density at radius 2 is 1.81 bits per heavy atom. The Balaban J connectivity index is 1.43. The molecule has 0 unspecified atom stereocenters. The normalized spacial score (nSPS) is 29.7. The molecular formula is C21H33FN2O2. The number of nitrogens with zero attached hydrogens (tertiary/aromatic N) is 2. The predicted octanol–water partition coefficient (Wildman–Crippen LogP) is 5.02. The Hall–Kier alpha value is -1.07. The Bertz CT molecular complexity index is 553. The van der Waals surface area contributed by atoms with Crippen molar-refractivity contribution in [3.8, 4) is 0 Å². The molecule has 0 N–H and O–H groups in total. The first-order chi connectivity index (χ1) is 12.7. The van der Waals surface area contributed by atoms with E-state index in [-0.39, 0.29) is 18.2 Å². The van der Waals surface area contributed by atoms with Crippen LogP contribution in [0.25, 0.3) is 0 Å². The van der Waals surface area contributed by atoms with Crippen LogP contribution in [0.1, 0.15) is 82.5 Å². The molecule has 2 aliphatic rings. The highest BCUT2D eigenvalue weighted by Crippen LogP contribution is 2.38. The van der Waals surface area contributed by atoms with Crippen LogP contribution in [0.3, 0.4) is 0 Å². The highest BCUT2D eigenvalue weighted by Gasteiger charge is 2.33. The van der Waals surface area contributed by atoms with Crippen LogP contribution in [0.5, 0.6) is 0 Å². The van der Waals surface area contributed by atoms with Crippen LogP contribution < -0.4 is 0 Å². The van der Waals surface area contributed by atoms with Gasteiger partial charge in [-0.1, -0.05) is 33.1 Å². The monoisotopic (exact) mass is 364 g/mol. The molecule has 1 saturated heterocycles. The Labute approximate surface area is 156 Å². The summed E-state index contributed by atoms with van der Waals surface area (Å²) in [5, 5.41) is 0. The summed E-state index contributed by atoms with van der Waals surface area (Å²) in [5.74, 6) is 1.58. The van der Waals surface area contributed by atoms with Crippen molar-refractivity contribution >= 4 is 0 Å². The minimum Gasteiger partial charge on any atom is -0.352 e. The van der Waals surface area contributed by atoms with Crippen molar-refractivity contribution in [3.05, 3.63) is 23.5 Å². The van der Waals surface area contributed by atoms with Crippen LogP contribution in [-0.2, 0) is 15.9 Å². The molecule has 0 radical (unpaired) electrons. The van der Waals surface area contributed by atoms with Crippen LogP contribution in [0, 0.1) is 17.8 Å². The van der Waals surface area contributed by atoms with Crippen molar-refractivity contribution in [2.45, 2.75) is 83.8 Å². The predicted molar refractivity (Wildman–Crippen MR) is 99.4 cm³/mol. The molecule has 2 fully saturated rings. The van der Waals surface area contributed by atoms with Crippen molar-refractivity contribution in [3.63, 3.8) is 0 Å². The molecule has 1 aromatic heterocycles. The van der Waals surface area contributed by atoms with E-state index in [0.29, 0.717) is 29.6 Å². The number of rotatable bonds is 7. The van der Waals surface area contributed by atoms with Crippen molar-refractivity contribution in [2.24, 2.45) is 11.8 Å². The van der Waals surface area contributed by atoms with Gasteiger partial charge in [-0.15, -0.1) is 0 Å². The summed E-state index contributed by atoms with van der Waals surface area (Å²) >= 11 is 0. The minimum absolute atomic E-state index is 0.0569. The molecule has 4 nitrogen and oxygen atoms in total. The topological polar surface area (TPSA) is 44.2 Å². The first-order valence-corrected chi connectivity index (χ1v) is 10.5. The summed E-state index contributed by atoms with van der Waals surface area (Å²) in [7, 11) is 0. The summed E-state index contributed by atoms with van der Waals surface area (Å²) in [5.41, 5.74) is 0.597. The van der Waals surface area contributed by atoms with Gasteiger partial charge < -0.3 is 9.47 Å². The number of aromatic nitrogens is 2. The summed E-state index contributed by atoms with van der Waals surface area (Å²) in [6.45, 7) is 5.82. The maximum Gasteiger partial charge on any atom is 0.219 e. The van der Waals surface area contributed by atoms with Crippen LogP contribution >= 0.6 is 0 Å². The molecule has 0 aromatic carbocycles. The molecule has 26 heavy (non-hydrogen) atoms. The van der Waals surface area contributed by atoms with Gasteiger partial charge in [-0.3, -0.25) is 0 Å². The fourth-order valence-corrected chi connectivity index (χ4v) is 4.16. The van der Waals surface area contributed by atoms with E-state index in [0.717, 1.165) is 38.9 Å². The highest BCUT2D eigenvalue weighted by atomic mass is 19.1. The fraction of sp³-hybridized carbons (Fsp3) is 0.810. The third kappa shape index (κ3) is 5.01. The molecule has 1 aliphatic carbocycles.